The van der Waals surface area contributed by atoms with E-state index in [1.165, 1.54) is 12.1 Å². The van der Waals surface area contributed by atoms with E-state index in [-0.39, 0.29) is 24.0 Å². The van der Waals surface area contributed by atoms with Gasteiger partial charge in [0.15, 0.2) is 0 Å². The topological polar surface area (TPSA) is 54.3 Å². The van der Waals surface area contributed by atoms with Crippen LogP contribution in [0.25, 0.3) is 10.9 Å². The summed E-state index contributed by atoms with van der Waals surface area (Å²) in [5.74, 6) is -0.208. The lowest BCUT2D eigenvalue weighted by Gasteiger charge is -2.08. The number of aromatic nitrogens is 1. The van der Waals surface area contributed by atoms with Crippen LogP contribution >= 0.6 is 0 Å². The van der Waals surface area contributed by atoms with Gasteiger partial charge in [-0.25, -0.2) is 4.39 Å². The number of rotatable bonds is 5. The number of amides is 1. The van der Waals surface area contributed by atoms with E-state index in [1.807, 2.05) is 18.2 Å². The number of carbonyl (C=O) groups excluding carboxylic acids is 1. The molecule has 2 aromatic carbocycles. The van der Waals surface area contributed by atoms with Crippen LogP contribution in [-0.4, -0.2) is 22.1 Å². The normalized spacial score (nSPS) is 10.8. The van der Waals surface area contributed by atoms with Crippen LogP contribution in [0.15, 0.2) is 54.7 Å². The first-order valence-electron chi connectivity index (χ1n) is 7.41. The van der Waals surface area contributed by atoms with E-state index < -0.39 is 0 Å². The molecule has 2 N–H and O–H groups in total. The highest BCUT2D eigenvalue weighted by Gasteiger charge is 2.07. The van der Waals surface area contributed by atoms with Crippen LogP contribution in [0.4, 0.5) is 4.39 Å². The molecular weight excluding hydrogens is 295 g/mol. The van der Waals surface area contributed by atoms with Gasteiger partial charge < -0.3 is 15.0 Å². The van der Waals surface area contributed by atoms with Crippen molar-refractivity contribution < 1.29 is 14.3 Å². The summed E-state index contributed by atoms with van der Waals surface area (Å²) >= 11 is 0. The van der Waals surface area contributed by atoms with Gasteiger partial charge in [0.05, 0.1) is 5.52 Å². The quantitative estimate of drug-likeness (QED) is 0.761. The Morgan fingerprint density at radius 3 is 2.70 bits per heavy atom. The first-order chi connectivity index (χ1) is 11.1. The van der Waals surface area contributed by atoms with Gasteiger partial charge in [0.1, 0.15) is 18.1 Å². The number of phenols is 1. The van der Waals surface area contributed by atoms with E-state index in [0.717, 1.165) is 10.9 Å². The van der Waals surface area contributed by atoms with E-state index in [1.54, 1.807) is 29.0 Å². The Hall–Kier alpha value is -2.82. The van der Waals surface area contributed by atoms with Crippen molar-refractivity contribution in [2.45, 2.75) is 13.0 Å². The number of halogens is 1. The van der Waals surface area contributed by atoms with Crippen molar-refractivity contribution in [2.75, 3.05) is 6.54 Å². The first kappa shape index (κ1) is 15.1. The van der Waals surface area contributed by atoms with Gasteiger partial charge >= 0.3 is 0 Å². The van der Waals surface area contributed by atoms with E-state index in [0.29, 0.717) is 18.5 Å². The molecule has 0 saturated carbocycles. The molecule has 0 bridgehead atoms. The summed E-state index contributed by atoms with van der Waals surface area (Å²) in [7, 11) is 0. The maximum atomic E-state index is 13.3. The molecule has 23 heavy (non-hydrogen) atoms. The number of carbonyl (C=O) groups is 1. The largest absolute Gasteiger partial charge is 0.508 e. The van der Waals surface area contributed by atoms with E-state index in [9.17, 15) is 14.3 Å². The van der Waals surface area contributed by atoms with Crippen molar-refractivity contribution in [3.63, 3.8) is 0 Å². The number of nitrogens with one attached hydrogen (secondary N) is 1. The maximum absolute atomic E-state index is 13.3. The third kappa shape index (κ3) is 3.69. The lowest BCUT2D eigenvalue weighted by atomic mass is 10.1. The lowest BCUT2D eigenvalue weighted by molar-refractivity contribution is -0.121. The summed E-state index contributed by atoms with van der Waals surface area (Å²) in [6.45, 7) is 0.666. The zero-order valence-corrected chi connectivity index (χ0v) is 12.5. The molecule has 0 unspecified atom stereocenters. The van der Waals surface area contributed by atoms with Gasteiger partial charge in [0, 0.05) is 12.7 Å². The first-order valence-corrected chi connectivity index (χ1v) is 7.41. The van der Waals surface area contributed by atoms with Gasteiger partial charge in [0.2, 0.25) is 5.91 Å². The number of benzene rings is 2. The Morgan fingerprint density at radius 2 is 1.91 bits per heavy atom. The van der Waals surface area contributed by atoms with Gasteiger partial charge in [-0.3, -0.25) is 4.79 Å². The third-order valence-electron chi connectivity index (χ3n) is 3.72. The van der Waals surface area contributed by atoms with Gasteiger partial charge in [-0.05, 0) is 53.8 Å². The minimum absolute atomic E-state index is 0.120. The minimum atomic E-state index is -0.315. The van der Waals surface area contributed by atoms with Crippen molar-refractivity contribution >= 4 is 16.8 Å². The van der Waals surface area contributed by atoms with E-state index in [2.05, 4.69) is 5.32 Å². The number of hydrogen-bond donors (Lipinski definition) is 2. The number of aromatic hydroxyl groups is 1. The molecule has 1 aromatic heterocycles. The maximum Gasteiger partial charge on any atom is 0.239 e. The number of nitrogens with zero attached hydrogens (tertiary/aromatic N) is 1. The van der Waals surface area contributed by atoms with Crippen molar-refractivity contribution in [3.05, 3.63) is 66.1 Å². The molecular formula is C18H17FN2O2. The standard InChI is InChI=1S/C18H17FN2O2/c19-15-4-3-14-8-10-21(17(14)11-15)12-18(23)20-9-7-13-1-5-16(22)6-2-13/h1-6,8,10-11,22H,7,9,12H2,(H,20,23). The summed E-state index contributed by atoms with van der Waals surface area (Å²) in [6, 6.07) is 13.3. The highest BCUT2D eigenvalue weighted by molar-refractivity contribution is 5.83. The van der Waals surface area contributed by atoms with E-state index in [4.69, 9.17) is 0 Å². The molecule has 0 aliphatic heterocycles. The van der Waals surface area contributed by atoms with Crippen LogP contribution in [0, 0.1) is 5.82 Å². The lowest BCUT2D eigenvalue weighted by Crippen LogP contribution is -2.29. The molecule has 1 heterocycles. The van der Waals surface area contributed by atoms with Gasteiger partial charge in [-0.15, -0.1) is 0 Å². The Balaban J connectivity index is 1.56. The molecule has 0 spiro atoms. The monoisotopic (exact) mass is 312 g/mol. The zero-order chi connectivity index (χ0) is 16.2. The van der Waals surface area contributed by atoms with Crippen LogP contribution in [-0.2, 0) is 17.8 Å². The Morgan fingerprint density at radius 1 is 1.13 bits per heavy atom. The van der Waals surface area contributed by atoms with Crippen molar-refractivity contribution in [3.8, 4) is 5.75 Å². The summed E-state index contributed by atoms with van der Waals surface area (Å²) in [4.78, 5) is 12.0. The van der Waals surface area contributed by atoms with Crippen LogP contribution in [0.2, 0.25) is 0 Å². The smallest absolute Gasteiger partial charge is 0.239 e. The number of phenolic OH excluding ortho intramolecular Hbond substituents is 1. The second-order valence-electron chi connectivity index (χ2n) is 5.41. The molecule has 118 valence electrons. The number of fused-ring (bicyclic) bond motifs is 1. The summed E-state index contributed by atoms with van der Waals surface area (Å²) in [5, 5.41) is 13.0. The third-order valence-corrected chi connectivity index (χ3v) is 3.72. The van der Waals surface area contributed by atoms with Crippen LogP contribution < -0.4 is 5.32 Å². The fourth-order valence-corrected chi connectivity index (χ4v) is 2.51. The van der Waals surface area contributed by atoms with E-state index >= 15 is 0 Å². The summed E-state index contributed by atoms with van der Waals surface area (Å²) in [5.41, 5.74) is 1.75. The van der Waals surface area contributed by atoms with Crippen molar-refractivity contribution in [2.24, 2.45) is 0 Å². The molecule has 4 nitrogen and oxygen atoms in total. The van der Waals surface area contributed by atoms with Gasteiger partial charge in [-0.2, -0.15) is 0 Å². The molecule has 0 fully saturated rings. The fraction of sp³-hybridized carbons (Fsp3) is 0.167. The van der Waals surface area contributed by atoms with Crippen molar-refractivity contribution in [1.29, 1.82) is 0 Å². The molecule has 1 amide bonds. The molecule has 0 radical (unpaired) electrons. The second-order valence-corrected chi connectivity index (χ2v) is 5.41. The molecule has 5 heteroatoms. The molecule has 0 atom stereocenters. The molecule has 0 saturated heterocycles. The fourth-order valence-electron chi connectivity index (χ4n) is 2.51. The second kappa shape index (κ2) is 6.52. The summed E-state index contributed by atoms with van der Waals surface area (Å²) in [6.07, 6.45) is 2.47. The average Bonchev–Trinajstić information content (AvgIpc) is 2.91. The highest BCUT2D eigenvalue weighted by atomic mass is 19.1. The highest BCUT2D eigenvalue weighted by Crippen LogP contribution is 2.17. The predicted octanol–water partition coefficient (Wildman–Crippen LogP) is 2.84. The van der Waals surface area contributed by atoms with Crippen LogP contribution in [0.5, 0.6) is 5.75 Å². The number of hydrogen-bond acceptors (Lipinski definition) is 2. The van der Waals surface area contributed by atoms with Crippen molar-refractivity contribution in [1.82, 2.24) is 9.88 Å². The predicted molar refractivity (Wildman–Crippen MR) is 86.7 cm³/mol. The Kier molecular flexibility index (Phi) is 4.28. The Labute approximate surface area is 133 Å². The van der Waals surface area contributed by atoms with Crippen LogP contribution in [0.3, 0.4) is 0 Å². The molecule has 3 rings (SSSR count). The summed E-state index contributed by atoms with van der Waals surface area (Å²) < 4.78 is 15.0. The van der Waals surface area contributed by atoms with Crippen LogP contribution in [0.1, 0.15) is 5.56 Å². The molecule has 3 aromatic rings. The van der Waals surface area contributed by atoms with Gasteiger partial charge in [0.25, 0.3) is 0 Å². The zero-order valence-electron chi connectivity index (χ0n) is 12.5. The SMILES string of the molecule is O=C(Cn1ccc2ccc(F)cc21)NCCc1ccc(O)cc1. The molecule has 0 aliphatic rings. The minimum Gasteiger partial charge on any atom is -0.508 e. The average molecular weight is 312 g/mol. The Bertz CT molecular complexity index is 825. The molecule has 0 aliphatic carbocycles. The van der Waals surface area contributed by atoms with Gasteiger partial charge in [-0.1, -0.05) is 12.1 Å².